The molecule has 0 saturated carbocycles. The van der Waals surface area contributed by atoms with Gasteiger partial charge in [0, 0.05) is 43.5 Å². The Hall–Kier alpha value is -3.09. The van der Waals surface area contributed by atoms with Crippen molar-refractivity contribution in [3.05, 3.63) is 53.8 Å². The molecule has 2 N–H and O–H groups in total. The number of anilines is 3. The SMILES string of the molecule is CC1CN(c2ccccc2F)CCN1C(=O)Nc1ccc2c(c1)NC(=O)CC2. The van der Waals surface area contributed by atoms with E-state index in [-0.39, 0.29) is 23.8 Å². The fourth-order valence-corrected chi connectivity index (χ4v) is 3.83. The topological polar surface area (TPSA) is 64.7 Å². The largest absolute Gasteiger partial charge is 0.365 e. The van der Waals surface area contributed by atoms with Gasteiger partial charge in [-0.2, -0.15) is 0 Å². The average Bonchev–Trinajstić information content (AvgIpc) is 2.68. The zero-order chi connectivity index (χ0) is 19.7. The number of halogens is 1. The third kappa shape index (κ3) is 3.65. The highest BCUT2D eigenvalue weighted by atomic mass is 19.1. The first kappa shape index (κ1) is 18.3. The third-order valence-corrected chi connectivity index (χ3v) is 5.34. The molecule has 2 aromatic rings. The van der Waals surface area contributed by atoms with Gasteiger partial charge in [0.15, 0.2) is 0 Å². The molecule has 0 aliphatic carbocycles. The van der Waals surface area contributed by atoms with Crippen LogP contribution < -0.4 is 15.5 Å². The van der Waals surface area contributed by atoms with E-state index in [0.29, 0.717) is 43.9 Å². The Morgan fingerprint density at radius 2 is 2.00 bits per heavy atom. The van der Waals surface area contributed by atoms with Crippen LogP contribution in [0.1, 0.15) is 18.9 Å². The molecule has 0 aromatic heterocycles. The fraction of sp³-hybridized carbons (Fsp3) is 0.333. The van der Waals surface area contributed by atoms with E-state index >= 15 is 0 Å². The highest BCUT2D eigenvalue weighted by Crippen LogP contribution is 2.27. The highest BCUT2D eigenvalue weighted by molar-refractivity contribution is 5.96. The lowest BCUT2D eigenvalue weighted by Gasteiger charge is -2.41. The summed E-state index contributed by atoms with van der Waals surface area (Å²) in [5, 5.41) is 5.76. The molecule has 146 valence electrons. The van der Waals surface area contributed by atoms with Crippen LogP contribution >= 0.6 is 0 Å². The molecule has 28 heavy (non-hydrogen) atoms. The molecule has 1 atom stereocenters. The number of nitrogens with zero attached hydrogens (tertiary/aromatic N) is 2. The first-order chi connectivity index (χ1) is 13.5. The van der Waals surface area contributed by atoms with Crippen LogP contribution in [0.3, 0.4) is 0 Å². The number of piperazine rings is 1. The van der Waals surface area contributed by atoms with Crippen molar-refractivity contribution in [3.63, 3.8) is 0 Å². The normalized spacial score (nSPS) is 19.1. The minimum Gasteiger partial charge on any atom is -0.365 e. The zero-order valence-corrected chi connectivity index (χ0v) is 15.7. The van der Waals surface area contributed by atoms with Crippen LogP contribution in [0.25, 0.3) is 0 Å². The molecule has 0 bridgehead atoms. The van der Waals surface area contributed by atoms with Gasteiger partial charge >= 0.3 is 6.03 Å². The van der Waals surface area contributed by atoms with Crippen LogP contribution in [0.2, 0.25) is 0 Å². The maximum Gasteiger partial charge on any atom is 0.322 e. The Balaban J connectivity index is 1.41. The summed E-state index contributed by atoms with van der Waals surface area (Å²) in [6, 6.07) is 12.0. The van der Waals surface area contributed by atoms with Gasteiger partial charge in [0.25, 0.3) is 0 Å². The second kappa shape index (κ2) is 7.50. The van der Waals surface area contributed by atoms with Gasteiger partial charge in [0.2, 0.25) is 5.91 Å². The van der Waals surface area contributed by atoms with Crippen molar-refractivity contribution in [3.8, 4) is 0 Å². The van der Waals surface area contributed by atoms with E-state index in [2.05, 4.69) is 10.6 Å². The van der Waals surface area contributed by atoms with Crippen molar-refractivity contribution < 1.29 is 14.0 Å². The minimum absolute atomic E-state index is 0.00568. The molecule has 2 aliphatic rings. The van der Waals surface area contributed by atoms with Gasteiger partial charge in [-0.1, -0.05) is 18.2 Å². The monoisotopic (exact) mass is 382 g/mol. The van der Waals surface area contributed by atoms with E-state index in [1.807, 2.05) is 30.0 Å². The molecular formula is C21H23FN4O2. The van der Waals surface area contributed by atoms with E-state index in [1.54, 1.807) is 23.1 Å². The summed E-state index contributed by atoms with van der Waals surface area (Å²) >= 11 is 0. The number of amides is 3. The van der Waals surface area contributed by atoms with Gasteiger partial charge in [-0.15, -0.1) is 0 Å². The van der Waals surface area contributed by atoms with Crippen LogP contribution in [0, 0.1) is 5.82 Å². The van der Waals surface area contributed by atoms with Crippen LogP contribution in [-0.4, -0.2) is 42.5 Å². The van der Waals surface area contributed by atoms with Gasteiger partial charge in [0.1, 0.15) is 5.82 Å². The summed E-state index contributed by atoms with van der Waals surface area (Å²) in [4.78, 5) is 28.1. The summed E-state index contributed by atoms with van der Waals surface area (Å²) in [5.74, 6) is -0.252. The number of rotatable bonds is 2. The quantitative estimate of drug-likeness (QED) is 0.836. The minimum atomic E-state index is -0.247. The molecule has 0 spiro atoms. The number of nitrogens with one attached hydrogen (secondary N) is 2. The van der Waals surface area contributed by atoms with E-state index in [9.17, 15) is 14.0 Å². The number of urea groups is 1. The number of aryl methyl sites for hydroxylation is 1. The van der Waals surface area contributed by atoms with Crippen molar-refractivity contribution in [2.75, 3.05) is 35.2 Å². The average molecular weight is 382 g/mol. The molecule has 2 aromatic carbocycles. The summed E-state index contributed by atoms with van der Waals surface area (Å²) in [6.45, 7) is 3.59. The standard InChI is InChI=1S/C21H23FN4O2/c1-14-13-25(19-5-3-2-4-17(19)22)10-11-26(14)21(28)23-16-8-6-15-7-9-20(27)24-18(15)12-16/h2-6,8,12,14H,7,9-11,13H2,1H3,(H,23,28)(H,24,27). The van der Waals surface area contributed by atoms with Crippen LogP contribution in [0.15, 0.2) is 42.5 Å². The second-order valence-electron chi connectivity index (χ2n) is 7.29. The first-order valence-corrected chi connectivity index (χ1v) is 9.51. The van der Waals surface area contributed by atoms with Crippen molar-refractivity contribution in [2.24, 2.45) is 0 Å². The fourth-order valence-electron chi connectivity index (χ4n) is 3.83. The van der Waals surface area contributed by atoms with Gasteiger partial charge in [-0.05, 0) is 43.2 Å². The maximum absolute atomic E-state index is 14.0. The lowest BCUT2D eigenvalue weighted by Crippen LogP contribution is -2.55. The van der Waals surface area contributed by atoms with Crippen molar-refractivity contribution in [1.82, 2.24) is 4.90 Å². The molecule has 1 fully saturated rings. The van der Waals surface area contributed by atoms with Crippen molar-refractivity contribution >= 4 is 29.0 Å². The number of para-hydroxylation sites is 1. The Labute approximate surface area is 163 Å². The van der Waals surface area contributed by atoms with Gasteiger partial charge < -0.3 is 20.4 Å². The molecule has 6 nitrogen and oxygen atoms in total. The third-order valence-electron chi connectivity index (χ3n) is 5.34. The molecule has 2 aliphatic heterocycles. The van der Waals surface area contributed by atoms with E-state index in [4.69, 9.17) is 0 Å². The van der Waals surface area contributed by atoms with Crippen molar-refractivity contribution in [2.45, 2.75) is 25.8 Å². The molecule has 1 saturated heterocycles. The Kier molecular flexibility index (Phi) is 4.90. The molecule has 3 amide bonds. The van der Waals surface area contributed by atoms with Gasteiger partial charge in [-0.25, -0.2) is 9.18 Å². The summed E-state index contributed by atoms with van der Waals surface area (Å²) in [6.07, 6.45) is 1.20. The smallest absolute Gasteiger partial charge is 0.322 e. The van der Waals surface area contributed by atoms with Gasteiger partial charge in [0.05, 0.1) is 5.69 Å². The molecule has 0 radical (unpaired) electrons. The lowest BCUT2D eigenvalue weighted by molar-refractivity contribution is -0.116. The van der Waals surface area contributed by atoms with E-state index in [1.165, 1.54) is 6.07 Å². The number of benzene rings is 2. The molecule has 1 unspecified atom stereocenters. The Morgan fingerprint density at radius 3 is 2.79 bits per heavy atom. The van der Waals surface area contributed by atoms with Crippen LogP contribution in [0.4, 0.5) is 26.2 Å². The second-order valence-corrected chi connectivity index (χ2v) is 7.29. The highest BCUT2D eigenvalue weighted by Gasteiger charge is 2.28. The van der Waals surface area contributed by atoms with Crippen LogP contribution in [-0.2, 0) is 11.2 Å². The van der Waals surface area contributed by atoms with Crippen molar-refractivity contribution in [1.29, 1.82) is 0 Å². The van der Waals surface area contributed by atoms with Crippen LogP contribution in [0.5, 0.6) is 0 Å². The number of carbonyl (C=O) groups excluding carboxylic acids is 2. The summed E-state index contributed by atoms with van der Waals surface area (Å²) in [5.41, 5.74) is 3.05. The number of hydrogen-bond donors (Lipinski definition) is 2. The predicted molar refractivity (Wildman–Crippen MR) is 107 cm³/mol. The Morgan fingerprint density at radius 1 is 1.18 bits per heavy atom. The molecule has 4 rings (SSSR count). The van der Waals surface area contributed by atoms with Gasteiger partial charge in [-0.3, -0.25) is 4.79 Å². The van der Waals surface area contributed by atoms with E-state index < -0.39 is 0 Å². The first-order valence-electron chi connectivity index (χ1n) is 9.51. The number of carbonyl (C=O) groups is 2. The summed E-state index contributed by atoms with van der Waals surface area (Å²) in [7, 11) is 0. The lowest BCUT2D eigenvalue weighted by atomic mass is 10.0. The molecule has 2 heterocycles. The predicted octanol–water partition coefficient (Wildman–Crippen LogP) is 3.45. The number of hydrogen-bond acceptors (Lipinski definition) is 3. The summed E-state index contributed by atoms with van der Waals surface area (Å²) < 4.78 is 14.0. The Bertz CT molecular complexity index is 917. The molecular weight excluding hydrogens is 359 g/mol. The zero-order valence-electron chi connectivity index (χ0n) is 15.7. The molecule has 7 heteroatoms. The maximum atomic E-state index is 14.0. The van der Waals surface area contributed by atoms with E-state index in [0.717, 1.165) is 11.3 Å². The number of fused-ring (bicyclic) bond motifs is 1.